The van der Waals surface area contributed by atoms with Gasteiger partial charge >= 0.3 is 0 Å². The van der Waals surface area contributed by atoms with Crippen LogP contribution in [0.4, 0.5) is 5.82 Å². The van der Waals surface area contributed by atoms with Crippen molar-refractivity contribution in [3.05, 3.63) is 6.33 Å². The van der Waals surface area contributed by atoms with Gasteiger partial charge in [-0.3, -0.25) is 0 Å². The number of nitrogens with two attached hydrogens (primary N) is 1. The van der Waals surface area contributed by atoms with Crippen LogP contribution in [0.3, 0.4) is 0 Å². The van der Waals surface area contributed by atoms with Crippen LogP contribution >= 0.6 is 0 Å². The first-order valence-corrected chi connectivity index (χ1v) is 4.30. The fourth-order valence-corrected chi connectivity index (χ4v) is 0.969. The number of nitrogens with one attached hydrogen (secondary N) is 1. The fraction of sp³-hybridized carbons (Fsp3) is 0.500. The number of hydrogen-bond acceptors (Lipinski definition) is 7. The lowest BCUT2D eigenvalue weighted by Gasteiger charge is -2.11. The predicted octanol–water partition coefficient (Wildman–Crippen LogP) is -0.204. The van der Waals surface area contributed by atoms with Gasteiger partial charge in [-0.25, -0.2) is 10.8 Å². The molecule has 0 aliphatic rings. The molecule has 1 aromatic heterocycles. The van der Waals surface area contributed by atoms with Gasteiger partial charge in [0.2, 0.25) is 5.75 Å². The summed E-state index contributed by atoms with van der Waals surface area (Å²) in [6.45, 7) is 0.854. The van der Waals surface area contributed by atoms with Crippen LogP contribution in [0, 0.1) is 0 Å². The van der Waals surface area contributed by atoms with Gasteiger partial charge in [0.05, 0.1) is 13.7 Å². The lowest BCUT2D eigenvalue weighted by atomic mass is 10.5. The van der Waals surface area contributed by atoms with Gasteiger partial charge in [-0.1, -0.05) is 0 Å². The van der Waals surface area contributed by atoms with Crippen LogP contribution in [0.15, 0.2) is 6.33 Å². The number of ether oxygens (including phenoxy) is 3. The maximum atomic E-state index is 5.31. The predicted molar refractivity (Wildman–Crippen MR) is 53.8 cm³/mol. The molecule has 1 aromatic rings. The summed E-state index contributed by atoms with van der Waals surface area (Å²) < 4.78 is 15.2. The van der Waals surface area contributed by atoms with E-state index in [1.807, 2.05) is 0 Å². The molecule has 7 nitrogen and oxygen atoms in total. The van der Waals surface area contributed by atoms with E-state index in [-0.39, 0.29) is 0 Å². The van der Waals surface area contributed by atoms with Crippen molar-refractivity contribution >= 4 is 5.82 Å². The lowest BCUT2D eigenvalue weighted by molar-refractivity contribution is 0.141. The van der Waals surface area contributed by atoms with Crippen LogP contribution < -0.4 is 20.7 Å². The van der Waals surface area contributed by atoms with Crippen LogP contribution in [-0.2, 0) is 4.74 Å². The molecule has 0 spiro atoms. The van der Waals surface area contributed by atoms with E-state index < -0.39 is 0 Å². The number of hydrazine groups is 1. The molecule has 0 saturated carbocycles. The van der Waals surface area contributed by atoms with Gasteiger partial charge in [0.1, 0.15) is 12.9 Å². The quantitative estimate of drug-likeness (QED) is 0.384. The standard InChI is InChI=1S/C8H14N4O3/c1-13-3-4-15-8-6(14-2)7(12-9)10-5-11-8/h5H,3-4,9H2,1-2H3,(H,10,11,12). The van der Waals surface area contributed by atoms with Crippen LogP contribution in [0.5, 0.6) is 11.6 Å². The van der Waals surface area contributed by atoms with Crippen molar-refractivity contribution in [1.82, 2.24) is 9.97 Å². The van der Waals surface area contributed by atoms with Crippen molar-refractivity contribution in [2.75, 3.05) is 32.9 Å². The summed E-state index contributed by atoms with van der Waals surface area (Å²) in [5.74, 6) is 6.33. The molecule has 0 bridgehead atoms. The van der Waals surface area contributed by atoms with E-state index in [0.717, 1.165) is 0 Å². The Kier molecular flexibility index (Phi) is 4.58. The average molecular weight is 214 g/mol. The van der Waals surface area contributed by atoms with Gasteiger partial charge in [0.15, 0.2) is 5.82 Å². The summed E-state index contributed by atoms with van der Waals surface area (Å²) in [7, 11) is 3.08. The highest BCUT2D eigenvalue weighted by atomic mass is 16.5. The number of nitrogen functional groups attached to an aromatic ring is 1. The number of hydrogen-bond donors (Lipinski definition) is 2. The Morgan fingerprint density at radius 2 is 2.13 bits per heavy atom. The van der Waals surface area contributed by atoms with E-state index in [1.165, 1.54) is 13.4 Å². The fourth-order valence-electron chi connectivity index (χ4n) is 0.969. The van der Waals surface area contributed by atoms with Crippen LogP contribution in [0.25, 0.3) is 0 Å². The first kappa shape index (κ1) is 11.5. The molecule has 1 heterocycles. The molecule has 0 unspecified atom stereocenters. The summed E-state index contributed by atoms with van der Waals surface area (Å²) in [5.41, 5.74) is 2.39. The minimum absolute atomic E-state index is 0.331. The van der Waals surface area contributed by atoms with Crippen LogP contribution in [-0.4, -0.2) is 37.4 Å². The SMILES string of the molecule is COCCOc1ncnc(NN)c1OC. The van der Waals surface area contributed by atoms with Gasteiger partial charge in [-0.05, 0) is 0 Å². The zero-order valence-electron chi connectivity index (χ0n) is 8.69. The molecule has 0 atom stereocenters. The molecule has 0 fully saturated rings. The van der Waals surface area contributed by atoms with Gasteiger partial charge in [-0.15, -0.1) is 0 Å². The summed E-state index contributed by atoms with van der Waals surface area (Å²) in [4.78, 5) is 7.79. The molecular formula is C8H14N4O3. The van der Waals surface area contributed by atoms with E-state index in [1.54, 1.807) is 7.11 Å². The Hall–Kier alpha value is -1.60. The van der Waals surface area contributed by atoms with Crippen molar-refractivity contribution in [3.63, 3.8) is 0 Å². The third-order valence-electron chi connectivity index (χ3n) is 1.64. The highest BCUT2D eigenvalue weighted by molar-refractivity contribution is 5.54. The third-order valence-corrected chi connectivity index (χ3v) is 1.64. The lowest BCUT2D eigenvalue weighted by Crippen LogP contribution is -2.12. The van der Waals surface area contributed by atoms with Crippen LogP contribution in [0.1, 0.15) is 0 Å². The second-order valence-electron chi connectivity index (χ2n) is 2.55. The second kappa shape index (κ2) is 5.99. The van der Waals surface area contributed by atoms with Gasteiger partial charge in [0, 0.05) is 7.11 Å². The summed E-state index contributed by atoms with van der Waals surface area (Å²) in [5, 5.41) is 0. The van der Waals surface area contributed by atoms with Crippen molar-refractivity contribution < 1.29 is 14.2 Å². The van der Waals surface area contributed by atoms with E-state index in [0.29, 0.717) is 30.7 Å². The first-order valence-electron chi connectivity index (χ1n) is 4.30. The number of nitrogens with zero attached hydrogens (tertiary/aromatic N) is 2. The molecule has 3 N–H and O–H groups in total. The van der Waals surface area contributed by atoms with Crippen LogP contribution in [0.2, 0.25) is 0 Å². The summed E-state index contributed by atoms with van der Waals surface area (Å²) in [6, 6.07) is 0. The topological polar surface area (TPSA) is 91.5 Å². The Balaban J connectivity index is 2.76. The highest BCUT2D eigenvalue weighted by Gasteiger charge is 2.11. The summed E-state index contributed by atoms with van der Waals surface area (Å²) in [6.07, 6.45) is 1.33. The molecule has 0 amide bonds. The Bertz CT molecular complexity index is 308. The minimum Gasteiger partial charge on any atom is -0.489 e. The minimum atomic E-state index is 0.331. The molecule has 0 saturated heterocycles. The first-order chi connectivity index (χ1) is 7.33. The van der Waals surface area contributed by atoms with Crippen molar-refractivity contribution in [2.24, 2.45) is 5.84 Å². The Labute approximate surface area is 87.5 Å². The zero-order chi connectivity index (χ0) is 11.1. The van der Waals surface area contributed by atoms with E-state index in [2.05, 4.69) is 15.4 Å². The molecule has 0 aromatic carbocycles. The van der Waals surface area contributed by atoms with Crippen molar-refractivity contribution in [3.8, 4) is 11.6 Å². The largest absolute Gasteiger partial charge is 0.489 e. The van der Waals surface area contributed by atoms with Crippen molar-refractivity contribution in [1.29, 1.82) is 0 Å². The summed E-state index contributed by atoms with van der Waals surface area (Å²) >= 11 is 0. The molecule has 84 valence electrons. The molecule has 15 heavy (non-hydrogen) atoms. The maximum absolute atomic E-state index is 5.31. The third kappa shape index (κ3) is 2.93. The number of rotatable bonds is 6. The molecule has 0 aliphatic heterocycles. The number of methoxy groups -OCH3 is 2. The van der Waals surface area contributed by atoms with Crippen molar-refractivity contribution in [2.45, 2.75) is 0 Å². The normalized spacial score (nSPS) is 9.80. The second-order valence-corrected chi connectivity index (χ2v) is 2.55. The number of anilines is 1. The molecular weight excluding hydrogens is 200 g/mol. The van der Waals surface area contributed by atoms with E-state index >= 15 is 0 Å². The molecule has 1 rings (SSSR count). The monoisotopic (exact) mass is 214 g/mol. The zero-order valence-corrected chi connectivity index (χ0v) is 8.69. The highest BCUT2D eigenvalue weighted by Crippen LogP contribution is 2.29. The molecule has 7 heteroatoms. The van der Waals surface area contributed by atoms with Gasteiger partial charge in [0.25, 0.3) is 5.88 Å². The maximum Gasteiger partial charge on any atom is 0.262 e. The number of aromatic nitrogens is 2. The van der Waals surface area contributed by atoms with Gasteiger partial charge in [-0.2, -0.15) is 4.98 Å². The average Bonchev–Trinajstić information content (AvgIpc) is 2.29. The smallest absolute Gasteiger partial charge is 0.262 e. The van der Waals surface area contributed by atoms with Gasteiger partial charge < -0.3 is 19.6 Å². The van der Waals surface area contributed by atoms with E-state index in [4.69, 9.17) is 20.1 Å². The van der Waals surface area contributed by atoms with E-state index in [9.17, 15) is 0 Å². The Morgan fingerprint density at radius 1 is 1.33 bits per heavy atom. The Morgan fingerprint density at radius 3 is 2.73 bits per heavy atom. The molecule has 0 aliphatic carbocycles. The molecule has 0 radical (unpaired) electrons.